The molecule has 2 aromatic heterocycles. The largest absolute Gasteiger partial charge is 0.347 e. The molecule has 31 heavy (non-hydrogen) atoms. The van der Waals surface area contributed by atoms with E-state index in [9.17, 15) is 9.59 Å². The molecule has 0 saturated heterocycles. The molecule has 2 amide bonds. The van der Waals surface area contributed by atoms with Crippen molar-refractivity contribution in [3.8, 4) is 10.6 Å². The smallest absolute Gasteiger partial charge is 0.256 e. The number of thiazole rings is 1. The maximum absolute atomic E-state index is 12.7. The number of hydrogen-bond donors (Lipinski definition) is 2. The van der Waals surface area contributed by atoms with Gasteiger partial charge < -0.3 is 10.6 Å². The summed E-state index contributed by atoms with van der Waals surface area (Å²) in [6.45, 7) is 0.380. The Labute approximate surface area is 186 Å². The second-order valence-corrected chi connectivity index (χ2v) is 9.01. The summed E-state index contributed by atoms with van der Waals surface area (Å²) in [6.07, 6.45) is 5.23. The summed E-state index contributed by atoms with van der Waals surface area (Å²) in [6, 6.07) is 16.6. The Morgan fingerprint density at radius 1 is 1.03 bits per heavy atom. The monoisotopic (exact) mass is 444 g/mol. The van der Waals surface area contributed by atoms with Crippen LogP contribution in [0.2, 0.25) is 0 Å². The fourth-order valence-corrected chi connectivity index (χ4v) is 5.06. The molecule has 0 unspecified atom stereocenters. The van der Waals surface area contributed by atoms with Crippen LogP contribution in [-0.4, -0.2) is 21.8 Å². The molecular formula is C23H16N4O2S2. The summed E-state index contributed by atoms with van der Waals surface area (Å²) < 4.78 is 0. The topological polar surface area (TPSA) is 84.0 Å². The molecule has 0 saturated carbocycles. The molecule has 0 bridgehead atoms. The normalized spacial score (nSPS) is 12.3. The molecule has 6 nitrogen and oxygen atoms in total. The first-order valence-corrected chi connectivity index (χ1v) is 11.2. The molecule has 1 aliphatic heterocycles. The third kappa shape index (κ3) is 4.08. The van der Waals surface area contributed by atoms with Crippen molar-refractivity contribution in [2.45, 2.75) is 16.3 Å². The number of rotatable bonds is 4. The first-order valence-electron chi connectivity index (χ1n) is 9.53. The molecule has 2 aromatic carbocycles. The van der Waals surface area contributed by atoms with Gasteiger partial charge in [-0.2, -0.15) is 0 Å². The zero-order chi connectivity index (χ0) is 21.2. The van der Waals surface area contributed by atoms with E-state index in [1.54, 1.807) is 36.8 Å². The van der Waals surface area contributed by atoms with Gasteiger partial charge in [-0.05, 0) is 42.5 Å². The number of carbonyl (C=O) groups excluding carboxylic acids is 2. The summed E-state index contributed by atoms with van der Waals surface area (Å²) in [5.41, 5.74) is 2.75. The predicted molar refractivity (Wildman–Crippen MR) is 121 cm³/mol. The molecule has 0 radical (unpaired) electrons. The lowest BCUT2D eigenvalue weighted by atomic mass is 10.1. The molecule has 3 heterocycles. The highest BCUT2D eigenvalue weighted by atomic mass is 32.2. The average molecular weight is 445 g/mol. The Hall–Kier alpha value is -3.49. The van der Waals surface area contributed by atoms with Gasteiger partial charge in [-0.15, -0.1) is 11.3 Å². The van der Waals surface area contributed by atoms with Crippen LogP contribution in [0.5, 0.6) is 0 Å². The van der Waals surface area contributed by atoms with Crippen LogP contribution in [-0.2, 0) is 6.54 Å². The lowest BCUT2D eigenvalue weighted by Gasteiger charge is -2.09. The molecule has 2 N–H and O–H groups in total. The van der Waals surface area contributed by atoms with Crippen LogP contribution in [0.3, 0.4) is 0 Å². The Balaban J connectivity index is 1.30. The highest BCUT2D eigenvalue weighted by Crippen LogP contribution is 2.39. The Morgan fingerprint density at radius 3 is 2.74 bits per heavy atom. The minimum atomic E-state index is -0.206. The Bertz CT molecular complexity index is 1290. The minimum absolute atomic E-state index is 0.173. The average Bonchev–Trinajstić information content (AvgIpc) is 3.23. The molecule has 0 fully saturated rings. The molecule has 152 valence electrons. The number of pyridine rings is 1. The molecule has 8 heteroatoms. The fourth-order valence-electron chi connectivity index (χ4n) is 3.20. The Kier molecular flexibility index (Phi) is 5.23. The van der Waals surface area contributed by atoms with Crippen molar-refractivity contribution in [3.05, 3.63) is 89.2 Å². The zero-order valence-electron chi connectivity index (χ0n) is 16.2. The van der Waals surface area contributed by atoms with E-state index in [0.29, 0.717) is 23.4 Å². The van der Waals surface area contributed by atoms with Crippen LogP contribution >= 0.6 is 23.1 Å². The van der Waals surface area contributed by atoms with Gasteiger partial charge in [-0.25, -0.2) is 4.98 Å². The lowest BCUT2D eigenvalue weighted by Crippen LogP contribution is -2.22. The van der Waals surface area contributed by atoms with Crippen LogP contribution in [0.4, 0.5) is 5.69 Å². The summed E-state index contributed by atoms with van der Waals surface area (Å²) in [7, 11) is 0. The van der Waals surface area contributed by atoms with Crippen molar-refractivity contribution in [1.82, 2.24) is 15.3 Å². The first-order chi connectivity index (χ1) is 15.2. The van der Waals surface area contributed by atoms with Gasteiger partial charge in [0.15, 0.2) is 0 Å². The molecule has 0 spiro atoms. The third-order valence-electron chi connectivity index (χ3n) is 4.75. The van der Waals surface area contributed by atoms with Crippen LogP contribution in [0.15, 0.2) is 83.0 Å². The van der Waals surface area contributed by atoms with Crippen molar-refractivity contribution in [2.75, 3.05) is 5.32 Å². The summed E-state index contributed by atoms with van der Waals surface area (Å²) in [4.78, 5) is 36.4. The predicted octanol–water partition coefficient (Wildman–Crippen LogP) is 4.85. The van der Waals surface area contributed by atoms with E-state index in [4.69, 9.17) is 0 Å². The third-order valence-corrected chi connectivity index (χ3v) is 6.94. The quantitative estimate of drug-likeness (QED) is 0.470. The lowest BCUT2D eigenvalue weighted by molar-refractivity contribution is 0.0949. The van der Waals surface area contributed by atoms with E-state index >= 15 is 0 Å². The number of hydrogen-bond acceptors (Lipinski definition) is 6. The highest BCUT2D eigenvalue weighted by Gasteiger charge is 2.20. The molecule has 4 aromatic rings. The van der Waals surface area contributed by atoms with Crippen molar-refractivity contribution in [1.29, 1.82) is 0 Å². The van der Waals surface area contributed by atoms with Gasteiger partial charge in [-0.3, -0.25) is 14.6 Å². The van der Waals surface area contributed by atoms with E-state index in [1.165, 1.54) is 23.1 Å². The first kappa shape index (κ1) is 19.5. The van der Waals surface area contributed by atoms with Gasteiger partial charge in [0, 0.05) is 44.4 Å². The second kappa shape index (κ2) is 8.33. The molecule has 5 rings (SSSR count). The van der Waals surface area contributed by atoms with Gasteiger partial charge in [0.05, 0.1) is 17.8 Å². The number of benzene rings is 2. The molecule has 0 aliphatic carbocycles. The van der Waals surface area contributed by atoms with Gasteiger partial charge in [0.25, 0.3) is 11.8 Å². The SMILES string of the molecule is O=C(NCc1cnc(-c2ccncc2)s1)c1ccc2c(c1)NC(=O)c1ccccc1S2. The Morgan fingerprint density at radius 2 is 1.87 bits per heavy atom. The summed E-state index contributed by atoms with van der Waals surface area (Å²) >= 11 is 3.04. The van der Waals surface area contributed by atoms with E-state index in [1.807, 2.05) is 36.4 Å². The van der Waals surface area contributed by atoms with Gasteiger partial charge in [-0.1, -0.05) is 23.9 Å². The van der Waals surface area contributed by atoms with Crippen molar-refractivity contribution < 1.29 is 9.59 Å². The number of nitrogens with one attached hydrogen (secondary N) is 2. The molecule has 0 atom stereocenters. The number of aromatic nitrogens is 2. The van der Waals surface area contributed by atoms with Crippen LogP contribution in [0.25, 0.3) is 10.6 Å². The second-order valence-electron chi connectivity index (χ2n) is 6.81. The fraction of sp³-hybridized carbons (Fsp3) is 0.0435. The maximum atomic E-state index is 12.7. The van der Waals surface area contributed by atoms with Crippen LogP contribution in [0, 0.1) is 0 Å². The maximum Gasteiger partial charge on any atom is 0.256 e. The number of fused-ring (bicyclic) bond motifs is 2. The van der Waals surface area contributed by atoms with Crippen molar-refractivity contribution in [3.63, 3.8) is 0 Å². The van der Waals surface area contributed by atoms with Crippen LogP contribution in [0.1, 0.15) is 25.6 Å². The minimum Gasteiger partial charge on any atom is -0.347 e. The van der Waals surface area contributed by atoms with Gasteiger partial charge in [0.2, 0.25) is 0 Å². The zero-order valence-corrected chi connectivity index (χ0v) is 17.8. The summed E-state index contributed by atoms with van der Waals surface area (Å²) in [5.74, 6) is -0.379. The summed E-state index contributed by atoms with van der Waals surface area (Å²) in [5, 5.41) is 6.73. The van der Waals surface area contributed by atoms with E-state index in [2.05, 4.69) is 20.6 Å². The van der Waals surface area contributed by atoms with E-state index in [-0.39, 0.29) is 11.8 Å². The highest BCUT2D eigenvalue weighted by molar-refractivity contribution is 7.99. The van der Waals surface area contributed by atoms with Crippen LogP contribution < -0.4 is 10.6 Å². The molecular weight excluding hydrogens is 428 g/mol. The van der Waals surface area contributed by atoms with E-state index < -0.39 is 0 Å². The van der Waals surface area contributed by atoms with Crippen molar-refractivity contribution in [2.24, 2.45) is 0 Å². The van der Waals surface area contributed by atoms with Gasteiger partial charge >= 0.3 is 0 Å². The van der Waals surface area contributed by atoms with Crippen molar-refractivity contribution >= 4 is 40.6 Å². The standard InChI is InChI=1S/C23H16N4O2S2/c28-21(25-12-16-13-26-23(30-16)14-7-9-24-10-8-14)15-5-6-20-18(11-15)27-22(29)17-3-1-2-4-19(17)31-20/h1-11,13H,12H2,(H,25,28)(H,27,29). The number of anilines is 1. The number of carbonyl (C=O) groups is 2. The molecule has 1 aliphatic rings. The number of amides is 2. The van der Waals surface area contributed by atoms with Gasteiger partial charge in [0.1, 0.15) is 5.01 Å². The van der Waals surface area contributed by atoms with E-state index in [0.717, 1.165) is 25.2 Å². The number of nitrogens with zero attached hydrogens (tertiary/aromatic N) is 2.